The maximum Gasteiger partial charge on any atom is 0.140 e. The highest BCUT2D eigenvalue weighted by molar-refractivity contribution is 5.38. The molecule has 1 heterocycles. The lowest BCUT2D eigenvalue weighted by Crippen LogP contribution is -2.32. The fraction of sp³-hybridized carbons (Fsp3) is 0.583. The van der Waals surface area contributed by atoms with Crippen LogP contribution in [0.15, 0.2) is 18.5 Å². The number of ether oxygens (including phenoxy) is 1. The third-order valence-electron chi connectivity index (χ3n) is 3.53. The molecule has 0 bridgehead atoms. The Morgan fingerprint density at radius 1 is 1.47 bits per heavy atom. The van der Waals surface area contributed by atoms with Gasteiger partial charge in [-0.1, -0.05) is 12.8 Å². The van der Waals surface area contributed by atoms with Crippen LogP contribution in [-0.2, 0) is 5.41 Å². The van der Waals surface area contributed by atoms with Crippen LogP contribution < -0.4 is 10.5 Å². The lowest BCUT2D eigenvalue weighted by molar-refractivity contribution is 0.376. The molecule has 3 nitrogen and oxygen atoms in total. The molecule has 15 heavy (non-hydrogen) atoms. The van der Waals surface area contributed by atoms with E-state index in [1.54, 1.807) is 13.3 Å². The van der Waals surface area contributed by atoms with Gasteiger partial charge in [0.05, 0.1) is 13.3 Å². The van der Waals surface area contributed by atoms with E-state index >= 15 is 0 Å². The molecule has 0 saturated heterocycles. The van der Waals surface area contributed by atoms with Gasteiger partial charge in [0.15, 0.2) is 0 Å². The van der Waals surface area contributed by atoms with Crippen molar-refractivity contribution in [1.82, 2.24) is 4.98 Å². The lowest BCUT2D eigenvalue weighted by atomic mass is 9.79. The van der Waals surface area contributed by atoms with Crippen LogP contribution in [0.3, 0.4) is 0 Å². The molecule has 1 fully saturated rings. The predicted octanol–water partition coefficient (Wildman–Crippen LogP) is 1.86. The Kier molecular flexibility index (Phi) is 2.91. The zero-order chi connectivity index (χ0) is 10.7. The summed E-state index contributed by atoms with van der Waals surface area (Å²) in [6.45, 7) is 0.702. The highest BCUT2D eigenvalue weighted by Crippen LogP contribution is 2.43. The molecule has 0 unspecified atom stereocenters. The maximum absolute atomic E-state index is 5.95. The predicted molar refractivity (Wildman–Crippen MR) is 60.0 cm³/mol. The second kappa shape index (κ2) is 4.19. The minimum Gasteiger partial charge on any atom is -0.495 e. The van der Waals surface area contributed by atoms with E-state index in [1.807, 2.05) is 6.20 Å². The van der Waals surface area contributed by atoms with Crippen LogP contribution in [-0.4, -0.2) is 18.6 Å². The van der Waals surface area contributed by atoms with Crippen LogP contribution in [0.25, 0.3) is 0 Å². The number of rotatable bonds is 3. The Hall–Kier alpha value is -1.09. The van der Waals surface area contributed by atoms with Gasteiger partial charge in [0.2, 0.25) is 0 Å². The molecule has 0 amide bonds. The van der Waals surface area contributed by atoms with E-state index in [4.69, 9.17) is 10.5 Å². The number of aromatic nitrogens is 1. The molecule has 3 heteroatoms. The third kappa shape index (κ3) is 1.72. The van der Waals surface area contributed by atoms with Crippen molar-refractivity contribution in [2.24, 2.45) is 5.73 Å². The molecule has 1 aliphatic carbocycles. The SMILES string of the molecule is COc1cnccc1C1(CN)CCCC1. The van der Waals surface area contributed by atoms with Crippen molar-refractivity contribution in [3.8, 4) is 5.75 Å². The zero-order valence-electron chi connectivity index (χ0n) is 9.20. The first-order valence-electron chi connectivity index (χ1n) is 5.51. The number of nitrogens with zero attached hydrogens (tertiary/aromatic N) is 1. The summed E-state index contributed by atoms with van der Waals surface area (Å²) in [5.41, 5.74) is 7.32. The Balaban J connectivity index is 2.41. The number of nitrogens with two attached hydrogens (primary N) is 1. The maximum atomic E-state index is 5.95. The Labute approximate surface area is 90.7 Å². The van der Waals surface area contributed by atoms with Gasteiger partial charge in [-0.15, -0.1) is 0 Å². The van der Waals surface area contributed by atoms with E-state index in [2.05, 4.69) is 11.1 Å². The average molecular weight is 206 g/mol. The number of pyridine rings is 1. The summed E-state index contributed by atoms with van der Waals surface area (Å²) in [5.74, 6) is 0.879. The zero-order valence-corrected chi connectivity index (χ0v) is 9.20. The van der Waals surface area contributed by atoms with E-state index < -0.39 is 0 Å². The first-order chi connectivity index (χ1) is 7.32. The van der Waals surface area contributed by atoms with Crippen molar-refractivity contribution >= 4 is 0 Å². The van der Waals surface area contributed by atoms with Gasteiger partial charge in [0.1, 0.15) is 5.75 Å². The third-order valence-corrected chi connectivity index (χ3v) is 3.53. The molecule has 0 aliphatic heterocycles. The molecule has 0 spiro atoms. The van der Waals surface area contributed by atoms with Crippen LogP contribution >= 0.6 is 0 Å². The molecule has 1 aliphatic rings. The van der Waals surface area contributed by atoms with Crippen molar-refractivity contribution in [2.75, 3.05) is 13.7 Å². The van der Waals surface area contributed by atoms with Crippen LogP contribution in [0.4, 0.5) is 0 Å². The molecule has 2 rings (SSSR count). The van der Waals surface area contributed by atoms with Crippen LogP contribution in [0.1, 0.15) is 31.2 Å². The molecule has 1 aromatic heterocycles. The molecule has 1 aromatic rings. The topological polar surface area (TPSA) is 48.1 Å². The minimum atomic E-state index is 0.133. The van der Waals surface area contributed by atoms with Gasteiger partial charge < -0.3 is 10.5 Å². The summed E-state index contributed by atoms with van der Waals surface area (Å²) in [4.78, 5) is 4.09. The van der Waals surface area contributed by atoms with E-state index in [9.17, 15) is 0 Å². The smallest absolute Gasteiger partial charge is 0.140 e. The number of hydrogen-bond acceptors (Lipinski definition) is 3. The summed E-state index contributed by atoms with van der Waals surface area (Å²) in [6, 6.07) is 2.05. The second-order valence-electron chi connectivity index (χ2n) is 4.27. The normalized spacial score (nSPS) is 19.1. The molecular formula is C12H18N2O. The summed E-state index contributed by atoms with van der Waals surface area (Å²) in [7, 11) is 1.69. The Morgan fingerprint density at radius 2 is 2.20 bits per heavy atom. The van der Waals surface area contributed by atoms with Gasteiger partial charge in [0, 0.05) is 23.7 Å². The highest BCUT2D eigenvalue weighted by Gasteiger charge is 2.36. The minimum absolute atomic E-state index is 0.133. The van der Waals surface area contributed by atoms with Crippen LogP contribution in [0.2, 0.25) is 0 Å². The fourth-order valence-electron chi connectivity index (χ4n) is 2.62. The van der Waals surface area contributed by atoms with Crippen molar-refractivity contribution in [3.05, 3.63) is 24.0 Å². The number of methoxy groups -OCH3 is 1. The van der Waals surface area contributed by atoms with E-state index in [0.29, 0.717) is 6.54 Å². The van der Waals surface area contributed by atoms with Crippen molar-refractivity contribution < 1.29 is 4.74 Å². The van der Waals surface area contributed by atoms with Crippen molar-refractivity contribution in [1.29, 1.82) is 0 Å². The van der Waals surface area contributed by atoms with Gasteiger partial charge >= 0.3 is 0 Å². The fourth-order valence-corrected chi connectivity index (χ4v) is 2.62. The van der Waals surface area contributed by atoms with E-state index in [-0.39, 0.29) is 5.41 Å². The lowest BCUT2D eigenvalue weighted by Gasteiger charge is -2.29. The molecule has 2 N–H and O–H groups in total. The number of hydrogen-bond donors (Lipinski definition) is 1. The molecule has 1 saturated carbocycles. The summed E-state index contributed by atoms with van der Waals surface area (Å²) in [5, 5.41) is 0. The van der Waals surface area contributed by atoms with E-state index in [0.717, 1.165) is 5.75 Å². The van der Waals surface area contributed by atoms with Crippen LogP contribution in [0, 0.1) is 0 Å². The first kappa shape index (κ1) is 10.4. The van der Waals surface area contributed by atoms with Gasteiger partial charge in [-0.3, -0.25) is 4.98 Å². The quantitative estimate of drug-likeness (QED) is 0.821. The summed E-state index contributed by atoms with van der Waals surface area (Å²) < 4.78 is 5.37. The van der Waals surface area contributed by atoms with Gasteiger partial charge in [0.25, 0.3) is 0 Å². The highest BCUT2D eigenvalue weighted by atomic mass is 16.5. The largest absolute Gasteiger partial charge is 0.495 e. The summed E-state index contributed by atoms with van der Waals surface area (Å²) in [6.07, 6.45) is 8.48. The van der Waals surface area contributed by atoms with Gasteiger partial charge in [-0.2, -0.15) is 0 Å². The molecule has 0 atom stereocenters. The Bertz CT molecular complexity index is 332. The van der Waals surface area contributed by atoms with Crippen molar-refractivity contribution in [3.63, 3.8) is 0 Å². The molecular weight excluding hydrogens is 188 g/mol. The summed E-state index contributed by atoms with van der Waals surface area (Å²) >= 11 is 0. The molecule has 0 radical (unpaired) electrons. The molecule has 82 valence electrons. The monoisotopic (exact) mass is 206 g/mol. The van der Waals surface area contributed by atoms with Crippen molar-refractivity contribution in [2.45, 2.75) is 31.1 Å². The van der Waals surface area contributed by atoms with Gasteiger partial charge in [-0.25, -0.2) is 0 Å². The van der Waals surface area contributed by atoms with E-state index in [1.165, 1.54) is 31.2 Å². The van der Waals surface area contributed by atoms with Crippen LogP contribution in [0.5, 0.6) is 5.75 Å². The average Bonchev–Trinajstić information content (AvgIpc) is 2.79. The first-order valence-corrected chi connectivity index (χ1v) is 5.51. The Morgan fingerprint density at radius 3 is 2.80 bits per heavy atom. The molecule has 0 aromatic carbocycles. The van der Waals surface area contributed by atoms with Gasteiger partial charge in [-0.05, 0) is 18.9 Å². The standard InChI is InChI=1S/C12H18N2O/c1-15-11-8-14-7-4-10(11)12(9-13)5-2-3-6-12/h4,7-8H,2-3,5-6,9,13H2,1H3. The second-order valence-corrected chi connectivity index (χ2v) is 4.27.